The summed E-state index contributed by atoms with van der Waals surface area (Å²) in [6, 6.07) is 4.51. The first-order valence-electron chi connectivity index (χ1n) is 8.11. The molecule has 118 valence electrons. The second-order valence-electron chi connectivity index (χ2n) is 7.47. The van der Waals surface area contributed by atoms with Crippen molar-refractivity contribution in [3.05, 3.63) is 29.6 Å². The van der Waals surface area contributed by atoms with Crippen molar-refractivity contribution in [3.63, 3.8) is 0 Å². The van der Waals surface area contributed by atoms with Crippen molar-refractivity contribution in [2.45, 2.75) is 71.6 Å². The van der Waals surface area contributed by atoms with Gasteiger partial charge in [-0.3, -0.25) is 4.98 Å². The van der Waals surface area contributed by atoms with Crippen molar-refractivity contribution in [3.8, 4) is 0 Å². The molecule has 1 N–H and O–H groups in total. The molecular weight excluding hydrogens is 260 g/mol. The summed E-state index contributed by atoms with van der Waals surface area (Å²) in [5.41, 5.74) is 2.20. The van der Waals surface area contributed by atoms with E-state index in [0.717, 1.165) is 25.1 Å². The van der Waals surface area contributed by atoms with Gasteiger partial charge in [-0.2, -0.15) is 0 Å². The van der Waals surface area contributed by atoms with Crippen LogP contribution in [-0.4, -0.2) is 22.7 Å². The van der Waals surface area contributed by atoms with Crippen molar-refractivity contribution >= 4 is 0 Å². The minimum absolute atomic E-state index is 0.0653. The number of pyridine rings is 1. The Labute approximate surface area is 129 Å². The van der Waals surface area contributed by atoms with Crippen LogP contribution in [0.1, 0.15) is 64.8 Å². The van der Waals surface area contributed by atoms with Gasteiger partial charge in [0.1, 0.15) is 0 Å². The summed E-state index contributed by atoms with van der Waals surface area (Å²) in [5.74, 6) is 0.424. The van der Waals surface area contributed by atoms with Crippen molar-refractivity contribution < 1.29 is 4.74 Å². The zero-order valence-corrected chi connectivity index (χ0v) is 14.4. The number of ether oxygens (including phenoxy) is 1. The van der Waals surface area contributed by atoms with Gasteiger partial charge in [0.05, 0.1) is 22.9 Å². The monoisotopic (exact) mass is 290 g/mol. The Morgan fingerprint density at radius 1 is 1.38 bits per heavy atom. The van der Waals surface area contributed by atoms with Crippen molar-refractivity contribution in [1.29, 1.82) is 0 Å². The molecule has 1 aliphatic heterocycles. The third-order valence-corrected chi connectivity index (χ3v) is 4.42. The summed E-state index contributed by atoms with van der Waals surface area (Å²) in [6.45, 7) is 14.1. The van der Waals surface area contributed by atoms with E-state index >= 15 is 0 Å². The van der Waals surface area contributed by atoms with E-state index in [9.17, 15) is 0 Å². The van der Waals surface area contributed by atoms with Crippen LogP contribution in [0.15, 0.2) is 18.3 Å². The fourth-order valence-electron chi connectivity index (χ4n) is 3.61. The van der Waals surface area contributed by atoms with Crippen molar-refractivity contribution in [2.75, 3.05) is 6.54 Å². The summed E-state index contributed by atoms with van der Waals surface area (Å²) < 4.78 is 6.29. The van der Waals surface area contributed by atoms with Crippen LogP contribution in [0.4, 0.5) is 0 Å². The predicted molar refractivity (Wildman–Crippen MR) is 87.4 cm³/mol. The number of nitrogens with zero attached hydrogens (tertiary/aromatic N) is 1. The number of hydrogen-bond donors (Lipinski definition) is 1. The largest absolute Gasteiger partial charge is 0.369 e. The first kappa shape index (κ1) is 16.4. The van der Waals surface area contributed by atoms with Crippen LogP contribution in [0.5, 0.6) is 0 Å². The fraction of sp³-hybridized carbons (Fsp3) is 0.722. The highest BCUT2D eigenvalue weighted by Crippen LogP contribution is 2.47. The zero-order valence-electron chi connectivity index (χ0n) is 14.4. The Balaban J connectivity index is 2.32. The molecule has 3 nitrogen and oxygen atoms in total. The molecule has 0 aliphatic carbocycles. The maximum atomic E-state index is 6.29. The van der Waals surface area contributed by atoms with E-state index in [2.05, 4.69) is 64.0 Å². The van der Waals surface area contributed by atoms with E-state index < -0.39 is 0 Å². The highest BCUT2D eigenvalue weighted by molar-refractivity contribution is 5.20. The Bertz CT molecular complexity index is 482. The van der Waals surface area contributed by atoms with E-state index in [0.29, 0.717) is 5.92 Å². The first-order valence-corrected chi connectivity index (χ1v) is 8.11. The van der Waals surface area contributed by atoms with E-state index in [4.69, 9.17) is 4.74 Å². The van der Waals surface area contributed by atoms with Gasteiger partial charge in [0.15, 0.2) is 0 Å². The van der Waals surface area contributed by atoms with Crippen LogP contribution in [0.3, 0.4) is 0 Å². The number of hydrogen-bond acceptors (Lipinski definition) is 3. The molecule has 1 aromatic rings. The minimum atomic E-state index is -0.139. The van der Waals surface area contributed by atoms with E-state index in [-0.39, 0.29) is 17.2 Å². The molecule has 3 heteroatoms. The maximum Gasteiger partial charge on any atom is 0.0681 e. The molecule has 21 heavy (non-hydrogen) atoms. The lowest BCUT2D eigenvalue weighted by atomic mass is 9.80. The van der Waals surface area contributed by atoms with Gasteiger partial charge in [-0.1, -0.05) is 6.92 Å². The van der Waals surface area contributed by atoms with E-state index in [1.807, 2.05) is 6.20 Å². The highest BCUT2D eigenvalue weighted by atomic mass is 16.5. The molecule has 1 aliphatic rings. The van der Waals surface area contributed by atoms with Gasteiger partial charge in [-0.15, -0.1) is 0 Å². The van der Waals surface area contributed by atoms with Crippen LogP contribution in [0, 0.1) is 12.8 Å². The highest BCUT2D eigenvalue weighted by Gasteiger charge is 2.49. The topological polar surface area (TPSA) is 34.2 Å². The molecule has 0 bridgehead atoms. The summed E-state index contributed by atoms with van der Waals surface area (Å²) in [6.07, 6.45) is 4.09. The Morgan fingerprint density at radius 2 is 2.10 bits per heavy atom. The van der Waals surface area contributed by atoms with Crippen molar-refractivity contribution in [1.82, 2.24) is 10.3 Å². The third kappa shape index (κ3) is 3.83. The maximum absolute atomic E-state index is 6.29. The van der Waals surface area contributed by atoms with E-state index in [1.165, 1.54) is 5.56 Å². The Hall–Kier alpha value is -0.930. The molecule has 0 amide bonds. The molecule has 2 atom stereocenters. The first-order chi connectivity index (χ1) is 9.75. The molecule has 0 aromatic carbocycles. The van der Waals surface area contributed by atoms with Crippen molar-refractivity contribution in [2.24, 2.45) is 5.92 Å². The lowest BCUT2D eigenvalue weighted by Crippen LogP contribution is -2.39. The molecule has 2 heterocycles. The average Bonchev–Trinajstić information content (AvgIpc) is 2.58. The smallest absolute Gasteiger partial charge is 0.0681 e. The normalized spacial score (nSPS) is 25.0. The van der Waals surface area contributed by atoms with Gasteiger partial charge < -0.3 is 10.1 Å². The Kier molecular flexibility index (Phi) is 4.74. The zero-order chi connectivity index (χ0) is 15.7. The summed E-state index contributed by atoms with van der Waals surface area (Å²) in [7, 11) is 0. The molecule has 2 unspecified atom stereocenters. The van der Waals surface area contributed by atoms with Gasteiger partial charge in [0.25, 0.3) is 0 Å². The van der Waals surface area contributed by atoms with Gasteiger partial charge in [0.2, 0.25) is 0 Å². The summed E-state index contributed by atoms with van der Waals surface area (Å²) in [4.78, 5) is 4.63. The molecule has 0 spiro atoms. The summed E-state index contributed by atoms with van der Waals surface area (Å²) >= 11 is 0. The molecule has 1 aromatic heterocycles. The van der Waals surface area contributed by atoms with Gasteiger partial charge in [0, 0.05) is 12.1 Å². The number of rotatable bonds is 5. The molecule has 1 saturated heterocycles. The molecule has 0 saturated carbocycles. The SMILES string of the molecule is CCCNC(c1cc(C)ccn1)C1CC(C)(C)OC1(C)C. The standard InChI is InChI=1S/C18H30N2O/c1-7-9-20-16(15-11-13(2)8-10-19-15)14-12-17(3,4)21-18(14,5)6/h8,10-11,14,16,20H,7,9,12H2,1-6H3. The van der Waals surface area contributed by atoms with Crippen LogP contribution < -0.4 is 5.32 Å². The summed E-state index contributed by atoms with van der Waals surface area (Å²) in [5, 5.41) is 3.71. The quantitative estimate of drug-likeness (QED) is 0.889. The van der Waals surface area contributed by atoms with Gasteiger partial charge >= 0.3 is 0 Å². The number of aromatic nitrogens is 1. The fourth-order valence-corrected chi connectivity index (χ4v) is 3.61. The molecule has 1 fully saturated rings. The van der Waals surface area contributed by atoms with E-state index in [1.54, 1.807) is 0 Å². The van der Waals surface area contributed by atoms with Crippen LogP contribution in [-0.2, 0) is 4.74 Å². The molecule has 2 rings (SSSR count). The second kappa shape index (κ2) is 6.05. The predicted octanol–water partition coefficient (Wildman–Crippen LogP) is 4.02. The number of nitrogens with one attached hydrogen (secondary N) is 1. The molecular formula is C18H30N2O. The van der Waals surface area contributed by atoms with Crippen LogP contribution >= 0.6 is 0 Å². The minimum Gasteiger partial charge on any atom is -0.369 e. The lowest BCUT2D eigenvalue weighted by Gasteiger charge is -2.33. The third-order valence-electron chi connectivity index (χ3n) is 4.42. The second-order valence-corrected chi connectivity index (χ2v) is 7.47. The van der Waals surface area contributed by atoms with Crippen LogP contribution in [0.2, 0.25) is 0 Å². The molecule has 0 radical (unpaired) electrons. The van der Waals surface area contributed by atoms with Gasteiger partial charge in [-0.25, -0.2) is 0 Å². The van der Waals surface area contributed by atoms with Gasteiger partial charge in [-0.05, 0) is 71.7 Å². The Morgan fingerprint density at radius 3 is 2.62 bits per heavy atom. The average molecular weight is 290 g/mol. The van der Waals surface area contributed by atoms with Crippen LogP contribution in [0.25, 0.3) is 0 Å². The lowest BCUT2D eigenvalue weighted by molar-refractivity contribution is -0.0780. The number of aryl methyl sites for hydroxylation is 1.